The van der Waals surface area contributed by atoms with Gasteiger partial charge in [-0.2, -0.15) is 4.68 Å². The maximum Gasteiger partial charge on any atom is 0.251 e. The first kappa shape index (κ1) is 20.2. The Bertz CT molecular complexity index is 1020. The molecule has 2 N–H and O–H groups in total. The molecule has 2 heterocycles. The molecule has 1 amide bonds. The van der Waals surface area contributed by atoms with E-state index in [0.717, 1.165) is 48.6 Å². The third-order valence-electron chi connectivity index (χ3n) is 5.45. The Morgan fingerprint density at radius 1 is 1.17 bits per heavy atom. The minimum absolute atomic E-state index is 0.0712. The molecule has 0 aliphatic carbocycles. The summed E-state index contributed by atoms with van der Waals surface area (Å²) in [7, 11) is 0. The zero-order valence-corrected chi connectivity index (χ0v) is 17.7. The van der Waals surface area contributed by atoms with E-state index in [4.69, 9.17) is 0 Å². The highest BCUT2D eigenvalue weighted by molar-refractivity contribution is 5.96. The van der Waals surface area contributed by atoms with Crippen LogP contribution in [0.25, 0.3) is 16.8 Å². The topological polar surface area (TPSA) is 84.7 Å². The number of rotatable bonds is 5. The van der Waals surface area contributed by atoms with Crippen LogP contribution < -0.4 is 10.6 Å². The highest BCUT2D eigenvalue weighted by atomic mass is 16.1. The Labute approximate surface area is 176 Å². The summed E-state index contributed by atoms with van der Waals surface area (Å²) in [5, 5.41) is 18.7. The smallest absolute Gasteiger partial charge is 0.251 e. The van der Waals surface area contributed by atoms with Crippen molar-refractivity contribution in [3.05, 3.63) is 59.4 Å². The predicted octanol–water partition coefficient (Wildman–Crippen LogP) is 3.24. The molecular formula is C23H28N6O. The second-order valence-electron chi connectivity index (χ2n) is 8.25. The number of piperidine rings is 1. The SMILES string of the molecule is Cc1ccc(-c2cc(C(=O)NC3CCCNC3)cc(-n3nnnc3C(C)C)c2)cc1. The first-order chi connectivity index (χ1) is 14.5. The maximum absolute atomic E-state index is 13.1. The van der Waals surface area contributed by atoms with Crippen molar-refractivity contribution in [3.63, 3.8) is 0 Å². The molecule has 1 aromatic heterocycles. The number of aromatic nitrogens is 4. The largest absolute Gasteiger partial charge is 0.348 e. The summed E-state index contributed by atoms with van der Waals surface area (Å²) in [5.74, 6) is 0.852. The van der Waals surface area contributed by atoms with E-state index in [1.807, 2.05) is 18.2 Å². The van der Waals surface area contributed by atoms with Crippen molar-refractivity contribution in [2.24, 2.45) is 0 Å². The van der Waals surface area contributed by atoms with E-state index in [0.29, 0.717) is 5.56 Å². The van der Waals surface area contributed by atoms with Crippen molar-refractivity contribution in [3.8, 4) is 16.8 Å². The number of aryl methyl sites for hydroxylation is 1. The van der Waals surface area contributed by atoms with E-state index < -0.39 is 0 Å². The summed E-state index contributed by atoms with van der Waals surface area (Å²) in [5.41, 5.74) is 4.60. The molecule has 7 nitrogen and oxygen atoms in total. The molecule has 0 spiro atoms. The zero-order chi connectivity index (χ0) is 21.1. The van der Waals surface area contributed by atoms with Gasteiger partial charge in [0.05, 0.1) is 5.69 Å². The van der Waals surface area contributed by atoms with Crippen LogP contribution in [0.2, 0.25) is 0 Å². The van der Waals surface area contributed by atoms with Crippen molar-refractivity contribution < 1.29 is 4.79 Å². The molecule has 1 aliphatic heterocycles. The summed E-state index contributed by atoms with van der Waals surface area (Å²) in [4.78, 5) is 13.1. The average molecular weight is 405 g/mol. The number of carbonyl (C=O) groups excluding carboxylic acids is 1. The lowest BCUT2D eigenvalue weighted by Gasteiger charge is -2.24. The fourth-order valence-corrected chi connectivity index (χ4v) is 3.76. The van der Waals surface area contributed by atoms with Gasteiger partial charge in [-0.05, 0) is 66.1 Å². The van der Waals surface area contributed by atoms with Crippen LogP contribution in [0.3, 0.4) is 0 Å². The van der Waals surface area contributed by atoms with Gasteiger partial charge in [0.25, 0.3) is 5.91 Å². The van der Waals surface area contributed by atoms with Crippen molar-refractivity contribution in [2.45, 2.75) is 45.6 Å². The number of amides is 1. The van der Waals surface area contributed by atoms with Crippen molar-refractivity contribution in [1.29, 1.82) is 0 Å². The monoisotopic (exact) mass is 404 g/mol. The second kappa shape index (κ2) is 8.75. The number of tetrazole rings is 1. The average Bonchev–Trinajstić information content (AvgIpc) is 3.25. The number of hydrogen-bond donors (Lipinski definition) is 2. The highest BCUT2D eigenvalue weighted by Gasteiger charge is 2.19. The molecule has 1 unspecified atom stereocenters. The first-order valence-electron chi connectivity index (χ1n) is 10.5. The molecular weight excluding hydrogens is 376 g/mol. The summed E-state index contributed by atoms with van der Waals surface area (Å²) < 4.78 is 1.72. The fourth-order valence-electron chi connectivity index (χ4n) is 3.76. The van der Waals surface area contributed by atoms with E-state index >= 15 is 0 Å². The van der Waals surface area contributed by atoms with Crippen LogP contribution in [0, 0.1) is 6.92 Å². The van der Waals surface area contributed by atoms with Crippen LogP contribution >= 0.6 is 0 Å². The zero-order valence-electron chi connectivity index (χ0n) is 17.7. The number of hydrogen-bond acceptors (Lipinski definition) is 5. The molecule has 3 aromatic rings. The van der Waals surface area contributed by atoms with Gasteiger partial charge in [-0.1, -0.05) is 43.7 Å². The summed E-state index contributed by atoms with van der Waals surface area (Å²) in [6, 6.07) is 14.3. The van der Waals surface area contributed by atoms with E-state index in [9.17, 15) is 4.79 Å². The fraction of sp³-hybridized carbons (Fsp3) is 0.391. The van der Waals surface area contributed by atoms with Gasteiger partial charge < -0.3 is 10.6 Å². The van der Waals surface area contributed by atoms with Crippen LogP contribution in [0.4, 0.5) is 0 Å². The molecule has 7 heteroatoms. The van der Waals surface area contributed by atoms with Gasteiger partial charge in [-0.25, -0.2) is 0 Å². The quantitative estimate of drug-likeness (QED) is 0.682. The number of nitrogens with one attached hydrogen (secondary N) is 2. The Hall–Kier alpha value is -3.06. The van der Waals surface area contributed by atoms with Gasteiger partial charge in [0.1, 0.15) is 0 Å². The molecule has 0 saturated carbocycles. The first-order valence-corrected chi connectivity index (χ1v) is 10.5. The van der Waals surface area contributed by atoms with Crippen LogP contribution in [0.5, 0.6) is 0 Å². The Kier molecular flexibility index (Phi) is 5.90. The Morgan fingerprint density at radius 2 is 1.97 bits per heavy atom. The molecule has 156 valence electrons. The lowest BCUT2D eigenvalue weighted by Crippen LogP contribution is -2.45. The molecule has 0 bridgehead atoms. The highest BCUT2D eigenvalue weighted by Crippen LogP contribution is 2.26. The van der Waals surface area contributed by atoms with Gasteiger partial charge >= 0.3 is 0 Å². The van der Waals surface area contributed by atoms with Gasteiger partial charge in [0, 0.05) is 24.1 Å². The summed E-state index contributed by atoms with van der Waals surface area (Å²) >= 11 is 0. The van der Waals surface area contributed by atoms with Crippen LogP contribution in [-0.4, -0.2) is 45.2 Å². The second-order valence-corrected chi connectivity index (χ2v) is 8.25. The maximum atomic E-state index is 13.1. The molecule has 4 rings (SSSR count). The van der Waals surface area contributed by atoms with E-state index in [-0.39, 0.29) is 17.9 Å². The minimum atomic E-state index is -0.0712. The van der Waals surface area contributed by atoms with Crippen LogP contribution in [-0.2, 0) is 0 Å². The number of carbonyl (C=O) groups is 1. The van der Waals surface area contributed by atoms with E-state index in [2.05, 4.69) is 71.2 Å². The van der Waals surface area contributed by atoms with Crippen LogP contribution in [0.15, 0.2) is 42.5 Å². The summed E-state index contributed by atoms with van der Waals surface area (Å²) in [6.45, 7) is 7.98. The molecule has 2 aromatic carbocycles. The van der Waals surface area contributed by atoms with E-state index in [1.165, 1.54) is 5.56 Å². The van der Waals surface area contributed by atoms with Crippen molar-refractivity contribution >= 4 is 5.91 Å². The standard InChI is InChI=1S/C23H28N6O/c1-15(2)22-26-27-28-29(22)21-12-18(17-8-6-16(3)7-9-17)11-19(13-21)23(30)25-20-5-4-10-24-14-20/h6-9,11-13,15,20,24H,4-5,10,14H2,1-3H3,(H,25,30). The van der Waals surface area contributed by atoms with Gasteiger partial charge in [0.2, 0.25) is 0 Å². The molecule has 1 aliphatic rings. The lowest BCUT2D eigenvalue weighted by atomic mass is 10.00. The third kappa shape index (κ3) is 4.41. The Balaban J connectivity index is 1.74. The summed E-state index contributed by atoms with van der Waals surface area (Å²) in [6.07, 6.45) is 2.07. The Morgan fingerprint density at radius 3 is 2.67 bits per heavy atom. The number of benzene rings is 2. The minimum Gasteiger partial charge on any atom is -0.348 e. The molecule has 30 heavy (non-hydrogen) atoms. The van der Waals surface area contributed by atoms with Crippen molar-refractivity contribution in [1.82, 2.24) is 30.8 Å². The molecule has 0 radical (unpaired) electrons. The van der Waals surface area contributed by atoms with Gasteiger partial charge in [-0.15, -0.1) is 5.10 Å². The number of nitrogens with zero attached hydrogens (tertiary/aromatic N) is 4. The van der Waals surface area contributed by atoms with E-state index in [1.54, 1.807) is 4.68 Å². The van der Waals surface area contributed by atoms with Gasteiger partial charge in [-0.3, -0.25) is 4.79 Å². The molecule has 1 atom stereocenters. The predicted molar refractivity (Wildman–Crippen MR) is 117 cm³/mol. The lowest BCUT2D eigenvalue weighted by molar-refractivity contribution is 0.0930. The van der Waals surface area contributed by atoms with Crippen molar-refractivity contribution in [2.75, 3.05) is 13.1 Å². The third-order valence-corrected chi connectivity index (χ3v) is 5.45. The van der Waals surface area contributed by atoms with Gasteiger partial charge in [0.15, 0.2) is 5.82 Å². The molecule has 1 fully saturated rings. The molecule has 1 saturated heterocycles. The normalized spacial score (nSPS) is 16.6. The van der Waals surface area contributed by atoms with Crippen LogP contribution in [0.1, 0.15) is 54.4 Å².